The molecule has 0 saturated carbocycles. The van der Waals surface area contributed by atoms with Gasteiger partial charge in [0.2, 0.25) is 0 Å². The van der Waals surface area contributed by atoms with E-state index in [1.54, 1.807) is 29.1 Å². The number of benzene rings is 1. The van der Waals surface area contributed by atoms with Gasteiger partial charge in [-0.2, -0.15) is 0 Å². The highest BCUT2D eigenvalue weighted by Crippen LogP contribution is 2.19. The predicted molar refractivity (Wildman–Crippen MR) is 69.9 cm³/mol. The molecule has 0 N–H and O–H groups in total. The molecule has 0 amide bonds. The van der Waals surface area contributed by atoms with Crippen molar-refractivity contribution in [2.45, 2.75) is 13.0 Å². The Morgan fingerprint density at radius 3 is 3.17 bits per heavy atom. The smallest absolute Gasteiger partial charge is 0.262 e. The second-order valence-electron chi connectivity index (χ2n) is 4.57. The highest BCUT2D eigenvalue weighted by atomic mass is 35.5. The quantitative estimate of drug-likeness (QED) is 0.834. The van der Waals surface area contributed by atoms with E-state index in [0.717, 1.165) is 13.0 Å². The van der Waals surface area contributed by atoms with Crippen LogP contribution in [0.25, 0.3) is 10.9 Å². The van der Waals surface area contributed by atoms with Gasteiger partial charge in [0.25, 0.3) is 5.56 Å². The number of rotatable bonds is 2. The van der Waals surface area contributed by atoms with E-state index in [0.29, 0.717) is 35.0 Å². The first-order chi connectivity index (χ1) is 8.75. The van der Waals surface area contributed by atoms with Crippen LogP contribution in [0.4, 0.5) is 0 Å². The summed E-state index contributed by atoms with van der Waals surface area (Å²) in [7, 11) is 0. The van der Waals surface area contributed by atoms with Crippen molar-refractivity contribution in [1.29, 1.82) is 0 Å². The number of ether oxygens (including phenoxy) is 1. The molecule has 0 spiro atoms. The summed E-state index contributed by atoms with van der Waals surface area (Å²) >= 11 is 6.07. The number of hydrogen-bond donors (Lipinski definition) is 0. The molecule has 0 aliphatic carbocycles. The Morgan fingerprint density at radius 2 is 2.39 bits per heavy atom. The van der Waals surface area contributed by atoms with Crippen LogP contribution < -0.4 is 5.56 Å². The Hall–Kier alpha value is -1.39. The van der Waals surface area contributed by atoms with Crippen molar-refractivity contribution in [3.05, 3.63) is 39.9 Å². The molecular weight excluding hydrogens is 252 g/mol. The van der Waals surface area contributed by atoms with E-state index in [1.807, 2.05) is 0 Å². The third-order valence-corrected chi connectivity index (χ3v) is 3.60. The maximum absolute atomic E-state index is 12.3. The largest absolute Gasteiger partial charge is 0.381 e. The van der Waals surface area contributed by atoms with Gasteiger partial charge < -0.3 is 4.74 Å². The Bertz CT molecular complexity index is 632. The van der Waals surface area contributed by atoms with Crippen LogP contribution in [0, 0.1) is 5.92 Å². The average Bonchev–Trinajstić information content (AvgIpc) is 2.86. The Kier molecular flexibility index (Phi) is 3.06. The molecular formula is C13H13ClN2O2. The lowest BCUT2D eigenvalue weighted by Gasteiger charge is -2.11. The zero-order valence-corrected chi connectivity index (χ0v) is 10.6. The van der Waals surface area contributed by atoms with Crippen LogP contribution in [0.15, 0.2) is 29.3 Å². The molecule has 1 aromatic carbocycles. The van der Waals surface area contributed by atoms with E-state index in [9.17, 15) is 4.79 Å². The molecule has 0 radical (unpaired) electrons. The van der Waals surface area contributed by atoms with E-state index in [-0.39, 0.29) is 5.56 Å². The monoisotopic (exact) mass is 264 g/mol. The van der Waals surface area contributed by atoms with Crippen LogP contribution in [0.5, 0.6) is 0 Å². The van der Waals surface area contributed by atoms with E-state index in [2.05, 4.69) is 4.98 Å². The van der Waals surface area contributed by atoms with Crippen LogP contribution in [-0.4, -0.2) is 22.8 Å². The zero-order valence-electron chi connectivity index (χ0n) is 9.80. The summed E-state index contributed by atoms with van der Waals surface area (Å²) in [6, 6.07) is 5.31. The average molecular weight is 265 g/mol. The highest BCUT2D eigenvalue weighted by molar-refractivity contribution is 6.35. The van der Waals surface area contributed by atoms with Gasteiger partial charge in [0.05, 0.1) is 28.9 Å². The van der Waals surface area contributed by atoms with Gasteiger partial charge in [-0.1, -0.05) is 17.7 Å². The van der Waals surface area contributed by atoms with Gasteiger partial charge in [0.1, 0.15) is 0 Å². The summed E-state index contributed by atoms with van der Waals surface area (Å²) in [6.45, 7) is 2.14. The summed E-state index contributed by atoms with van der Waals surface area (Å²) in [5, 5.41) is 0.961. The molecule has 1 saturated heterocycles. The molecule has 1 unspecified atom stereocenters. The van der Waals surface area contributed by atoms with Gasteiger partial charge in [-0.3, -0.25) is 9.36 Å². The maximum Gasteiger partial charge on any atom is 0.262 e. The van der Waals surface area contributed by atoms with Crippen molar-refractivity contribution in [1.82, 2.24) is 9.55 Å². The normalized spacial score (nSPS) is 19.5. The molecule has 0 bridgehead atoms. The van der Waals surface area contributed by atoms with Crippen LogP contribution in [0.3, 0.4) is 0 Å². The first-order valence-electron chi connectivity index (χ1n) is 5.97. The van der Waals surface area contributed by atoms with E-state index < -0.39 is 0 Å². The summed E-state index contributed by atoms with van der Waals surface area (Å²) in [5.74, 6) is 0.393. The van der Waals surface area contributed by atoms with Crippen LogP contribution in [0.2, 0.25) is 5.02 Å². The fraction of sp³-hybridized carbons (Fsp3) is 0.385. The fourth-order valence-corrected chi connectivity index (χ4v) is 2.55. The van der Waals surface area contributed by atoms with Gasteiger partial charge in [-0.15, -0.1) is 0 Å². The first-order valence-corrected chi connectivity index (χ1v) is 6.35. The standard InChI is InChI=1S/C13H13ClN2O2/c14-10-2-1-3-11-12(10)13(17)16(8-15-11)6-9-4-5-18-7-9/h1-3,8-9H,4-7H2. The number of fused-ring (bicyclic) bond motifs is 1. The lowest BCUT2D eigenvalue weighted by atomic mass is 10.1. The van der Waals surface area contributed by atoms with E-state index >= 15 is 0 Å². The van der Waals surface area contributed by atoms with Crippen molar-refractivity contribution in [3.63, 3.8) is 0 Å². The third-order valence-electron chi connectivity index (χ3n) is 3.28. The minimum atomic E-state index is -0.0718. The number of nitrogens with zero attached hydrogens (tertiary/aromatic N) is 2. The second kappa shape index (κ2) is 4.71. The van der Waals surface area contributed by atoms with Gasteiger partial charge in [0, 0.05) is 19.1 Å². The predicted octanol–water partition coefficient (Wildman–Crippen LogP) is 2.09. The minimum Gasteiger partial charge on any atom is -0.381 e. The second-order valence-corrected chi connectivity index (χ2v) is 4.97. The molecule has 1 aliphatic rings. The fourth-order valence-electron chi connectivity index (χ4n) is 2.30. The summed E-state index contributed by atoms with van der Waals surface area (Å²) in [5.41, 5.74) is 0.573. The molecule has 1 atom stereocenters. The van der Waals surface area contributed by atoms with Crippen molar-refractivity contribution >= 4 is 22.5 Å². The maximum atomic E-state index is 12.3. The SMILES string of the molecule is O=c1c2c(Cl)cccc2ncn1CC1CCOC1. The lowest BCUT2D eigenvalue weighted by molar-refractivity contribution is 0.182. The van der Waals surface area contributed by atoms with Gasteiger partial charge in [0.15, 0.2) is 0 Å². The van der Waals surface area contributed by atoms with E-state index in [1.165, 1.54) is 0 Å². The van der Waals surface area contributed by atoms with Crippen LogP contribution in [-0.2, 0) is 11.3 Å². The molecule has 3 rings (SSSR count). The van der Waals surface area contributed by atoms with Crippen molar-refractivity contribution in [2.24, 2.45) is 5.92 Å². The van der Waals surface area contributed by atoms with Crippen molar-refractivity contribution in [2.75, 3.05) is 13.2 Å². The van der Waals surface area contributed by atoms with Gasteiger partial charge in [-0.05, 0) is 18.6 Å². The third kappa shape index (κ3) is 2.02. The molecule has 2 heterocycles. The highest BCUT2D eigenvalue weighted by Gasteiger charge is 2.17. The van der Waals surface area contributed by atoms with E-state index in [4.69, 9.17) is 16.3 Å². The van der Waals surface area contributed by atoms with Gasteiger partial charge >= 0.3 is 0 Å². The van der Waals surface area contributed by atoms with Crippen molar-refractivity contribution < 1.29 is 4.74 Å². The number of halogens is 1. The number of aromatic nitrogens is 2. The molecule has 4 nitrogen and oxygen atoms in total. The summed E-state index contributed by atoms with van der Waals surface area (Å²) < 4.78 is 6.95. The molecule has 18 heavy (non-hydrogen) atoms. The molecule has 1 fully saturated rings. The van der Waals surface area contributed by atoms with Gasteiger partial charge in [-0.25, -0.2) is 4.98 Å². The first kappa shape index (κ1) is 11.7. The minimum absolute atomic E-state index is 0.0718. The summed E-state index contributed by atoms with van der Waals surface area (Å²) in [4.78, 5) is 16.6. The molecule has 94 valence electrons. The van der Waals surface area contributed by atoms with Crippen LogP contribution in [0.1, 0.15) is 6.42 Å². The topological polar surface area (TPSA) is 44.1 Å². The Morgan fingerprint density at radius 1 is 1.50 bits per heavy atom. The molecule has 2 aromatic rings. The summed E-state index contributed by atoms with van der Waals surface area (Å²) in [6.07, 6.45) is 2.59. The molecule has 1 aliphatic heterocycles. The Labute approximate surface area is 109 Å². The molecule has 1 aromatic heterocycles. The van der Waals surface area contributed by atoms with Crippen LogP contribution >= 0.6 is 11.6 Å². The Balaban J connectivity index is 2.05. The zero-order chi connectivity index (χ0) is 12.5. The van der Waals surface area contributed by atoms with Crippen molar-refractivity contribution in [3.8, 4) is 0 Å². The number of hydrogen-bond acceptors (Lipinski definition) is 3. The lowest BCUT2D eigenvalue weighted by Crippen LogP contribution is -2.24. The molecule has 5 heteroatoms.